The molecule has 6 heteroatoms. The van der Waals surface area contributed by atoms with Crippen molar-refractivity contribution in [2.75, 3.05) is 25.0 Å². The maximum absolute atomic E-state index is 12.8. The molecule has 1 N–H and O–H groups in total. The van der Waals surface area contributed by atoms with Crippen molar-refractivity contribution >= 4 is 22.6 Å². The Kier molecular flexibility index (Phi) is 4.32. The highest BCUT2D eigenvalue weighted by molar-refractivity contribution is 5.98. The molecule has 134 valence electrons. The highest BCUT2D eigenvalue weighted by Crippen LogP contribution is 2.22. The van der Waals surface area contributed by atoms with Gasteiger partial charge in [0.1, 0.15) is 12.1 Å². The fourth-order valence-electron chi connectivity index (χ4n) is 3.65. The van der Waals surface area contributed by atoms with Gasteiger partial charge in [0.2, 0.25) is 0 Å². The predicted octanol–water partition coefficient (Wildman–Crippen LogP) is 3.01. The van der Waals surface area contributed by atoms with Gasteiger partial charge in [-0.05, 0) is 44.0 Å². The number of amides is 1. The van der Waals surface area contributed by atoms with Crippen LogP contribution in [0.15, 0.2) is 42.9 Å². The molecular weight excluding hydrogens is 326 g/mol. The van der Waals surface area contributed by atoms with Crippen molar-refractivity contribution in [2.24, 2.45) is 0 Å². The van der Waals surface area contributed by atoms with E-state index in [0.29, 0.717) is 6.04 Å². The zero-order valence-corrected chi connectivity index (χ0v) is 15.1. The van der Waals surface area contributed by atoms with Gasteiger partial charge in [-0.2, -0.15) is 0 Å². The van der Waals surface area contributed by atoms with Crippen molar-refractivity contribution < 1.29 is 4.79 Å². The first-order chi connectivity index (χ1) is 12.6. The standard InChI is InChI=1S/C20H23N5O/c1-14-11-19(23-13-22-14)24(2)17-6-9-25(10-7-17)20(26)16-3-4-18-15(12-16)5-8-21-18/h3-5,8,11-13,17,21H,6-7,9-10H2,1-2H3. The Morgan fingerprint density at radius 3 is 2.77 bits per heavy atom. The number of rotatable bonds is 3. The van der Waals surface area contributed by atoms with Crippen LogP contribution in [0.2, 0.25) is 0 Å². The zero-order chi connectivity index (χ0) is 18.1. The van der Waals surface area contributed by atoms with Crippen LogP contribution in [0.4, 0.5) is 5.82 Å². The minimum Gasteiger partial charge on any atom is -0.361 e. The van der Waals surface area contributed by atoms with E-state index in [2.05, 4.69) is 26.9 Å². The Morgan fingerprint density at radius 1 is 1.19 bits per heavy atom. The van der Waals surface area contributed by atoms with Crippen molar-refractivity contribution in [3.63, 3.8) is 0 Å². The molecule has 1 saturated heterocycles. The number of nitrogens with one attached hydrogen (secondary N) is 1. The van der Waals surface area contributed by atoms with Crippen LogP contribution in [0.25, 0.3) is 10.9 Å². The van der Waals surface area contributed by atoms with Crippen molar-refractivity contribution in [3.8, 4) is 0 Å². The van der Waals surface area contributed by atoms with Crippen LogP contribution in [0.5, 0.6) is 0 Å². The lowest BCUT2D eigenvalue weighted by molar-refractivity contribution is 0.0713. The summed E-state index contributed by atoms with van der Waals surface area (Å²) in [5.41, 5.74) is 2.78. The van der Waals surface area contributed by atoms with Gasteiger partial charge in [-0.1, -0.05) is 0 Å². The van der Waals surface area contributed by atoms with E-state index in [1.807, 2.05) is 48.4 Å². The molecule has 1 fully saturated rings. The highest BCUT2D eigenvalue weighted by atomic mass is 16.2. The number of hydrogen-bond donors (Lipinski definition) is 1. The molecule has 26 heavy (non-hydrogen) atoms. The number of benzene rings is 1. The minimum atomic E-state index is 0.118. The number of carbonyl (C=O) groups excluding carboxylic acids is 1. The number of likely N-dealkylation sites (tertiary alicyclic amines) is 1. The molecule has 1 aliphatic heterocycles. The van der Waals surface area contributed by atoms with Crippen molar-refractivity contribution in [1.82, 2.24) is 19.9 Å². The predicted molar refractivity (Wildman–Crippen MR) is 102 cm³/mol. The third-order valence-corrected chi connectivity index (χ3v) is 5.25. The van der Waals surface area contributed by atoms with Gasteiger partial charge < -0.3 is 14.8 Å². The number of fused-ring (bicyclic) bond motifs is 1. The van der Waals surface area contributed by atoms with Crippen LogP contribution in [0.1, 0.15) is 28.9 Å². The van der Waals surface area contributed by atoms with Crippen LogP contribution in [-0.4, -0.2) is 51.9 Å². The Labute approximate surface area is 152 Å². The van der Waals surface area contributed by atoms with E-state index >= 15 is 0 Å². The summed E-state index contributed by atoms with van der Waals surface area (Å²) in [5, 5.41) is 1.07. The molecule has 0 unspecified atom stereocenters. The molecule has 0 bridgehead atoms. The maximum Gasteiger partial charge on any atom is 0.253 e. The summed E-state index contributed by atoms with van der Waals surface area (Å²) in [6, 6.07) is 10.2. The van der Waals surface area contributed by atoms with Gasteiger partial charge in [-0.25, -0.2) is 9.97 Å². The summed E-state index contributed by atoms with van der Waals surface area (Å²) < 4.78 is 0. The second kappa shape index (κ2) is 6.78. The number of hydrogen-bond acceptors (Lipinski definition) is 4. The Hall–Kier alpha value is -2.89. The van der Waals surface area contributed by atoms with Gasteiger partial charge in [0.15, 0.2) is 0 Å². The lowest BCUT2D eigenvalue weighted by Gasteiger charge is -2.37. The quantitative estimate of drug-likeness (QED) is 0.789. The van der Waals surface area contributed by atoms with E-state index in [0.717, 1.165) is 53.9 Å². The van der Waals surface area contributed by atoms with Crippen LogP contribution < -0.4 is 4.90 Å². The molecule has 3 heterocycles. The van der Waals surface area contributed by atoms with Crippen molar-refractivity contribution in [2.45, 2.75) is 25.8 Å². The van der Waals surface area contributed by atoms with E-state index in [-0.39, 0.29) is 5.91 Å². The summed E-state index contributed by atoms with van der Waals surface area (Å²) in [4.78, 5) is 28.7. The summed E-state index contributed by atoms with van der Waals surface area (Å²) in [5.74, 6) is 1.06. The summed E-state index contributed by atoms with van der Waals surface area (Å²) in [6.45, 7) is 3.51. The van der Waals surface area contributed by atoms with E-state index in [9.17, 15) is 4.79 Å². The third kappa shape index (κ3) is 3.14. The number of aromatic nitrogens is 3. The van der Waals surface area contributed by atoms with Gasteiger partial charge in [-0.15, -0.1) is 0 Å². The average molecular weight is 349 g/mol. The molecule has 1 aliphatic rings. The normalized spacial score (nSPS) is 15.4. The lowest BCUT2D eigenvalue weighted by Crippen LogP contribution is -2.45. The highest BCUT2D eigenvalue weighted by Gasteiger charge is 2.26. The second-order valence-corrected chi connectivity index (χ2v) is 6.93. The molecule has 3 aromatic rings. The average Bonchev–Trinajstić information content (AvgIpc) is 3.15. The fourth-order valence-corrected chi connectivity index (χ4v) is 3.65. The van der Waals surface area contributed by atoms with Gasteiger partial charge in [0, 0.05) is 60.6 Å². The first-order valence-electron chi connectivity index (χ1n) is 9.00. The molecule has 1 aromatic carbocycles. The summed E-state index contributed by atoms with van der Waals surface area (Å²) >= 11 is 0. The van der Waals surface area contributed by atoms with Crippen LogP contribution >= 0.6 is 0 Å². The van der Waals surface area contributed by atoms with Crippen LogP contribution in [-0.2, 0) is 0 Å². The van der Waals surface area contributed by atoms with E-state index in [1.54, 1.807) is 6.33 Å². The van der Waals surface area contributed by atoms with Gasteiger partial charge >= 0.3 is 0 Å². The molecule has 0 aliphatic carbocycles. The molecule has 0 spiro atoms. The van der Waals surface area contributed by atoms with Crippen molar-refractivity contribution in [1.29, 1.82) is 0 Å². The first kappa shape index (κ1) is 16.6. The topological polar surface area (TPSA) is 65.1 Å². The number of aryl methyl sites for hydroxylation is 1. The Bertz CT molecular complexity index is 927. The molecule has 1 amide bonds. The molecule has 4 rings (SSSR count). The monoisotopic (exact) mass is 349 g/mol. The smallest absolute Gasteiger partial charge is 0.253 e. The first-order valence-corrected chi connectivity index (χ1v) is 9.00. The fraction of sp³-hybridized carbons (Fsp3) is 0.350. The number of aromatic amines is 1. The SMILES string of the molecule is Cc1cc(N(C)C2CCN(C(=O)c3ccc4[nH]ccc4c3)CC2)ncn1. The maximum atomic E-state index is 12.8. The van der Waals surface area contributed by atoms with Crippen LogP contribution in [0, 0.1) is 6.92 Å². The van der Waals surface area contributed by atoms with E-state index < -0.39 is 0 Å². The summed E-state index contributed by atoms with van der Waals surface area (Å²) in [7, 11) is 2.07. The number of piperidine rings is 1. The largest absolute Gasteiger partial charge is 0.361 e. The molecule has 2 aromatic heterocycles. The number of anilines is 1. The van der Waals surface area contributed by atoms with E-state index in [1.165, 1.54) is 0 Å². The van der Waals surface area contributed by atoms with Gasteiger partial charge in [0.05, 0.1) is 0 Å². The molecule has 6 nitrogen and oxygen atoms in total. The van der Waals surface area contributed by atoms with Crippen LogP contribution in [0.3, 0.4) is 0 Å². The number of nitrogens with zero attached hydrogens (tertiary/aromatic N) is 4. The van der Waals surface area contributed by atoms with Crippen molar-refractivity contribution in [3.05, 3.63) is 54.1 Å². The minimum absolute atomic E-state index is 0.118. The number of carbonyl (C=O) groups is 1. The van der Waals surface area contributed by atoms with Gasteiger partial charge in [0.25, 0.3) is 5.91 Å². The molecule has 0 saturated carbocycles. The Balaban J connectivity index is 1.42. The van der Waals surface area contributed by atoms with E-state index in [4.69, 9.17) is 0 Å². The third-order valence-electron chi connectivity index (χ3n) is 5.25. The lowest BCUT2D eigenvalue weighted by atomic mass is 10.0. The molecular formula is C20H23N5O. The van der Waals surface area contributed by atoms with Gasteiger partial charge in [-0.3, -0.25) is 4.79 Å². The zero-order valence-electron chi connectivity index (χ0n) is 15.1. The second-order valence-electron chi connectivity index (χ2n) is 6.93. The molecule has 0 radical (unpaired) electrons. The molecule has 0 atom stereocenters. The Morgan fingerprint density at radius 2 is 2.00 bits per heavy atom. The summed E-state index contributed by atoms with van der Waals surface area (Å²) in [6.07, 6.45) is 5.39. The number of H-pyrrole nitrogens is 1.